The number of nitrogen functional groups attached to an aromatic ring is 1. The summed E-state index contributed by atoms with van der Waals surface area (Å²) in [6, 6.07) is 12.4. The molecule has 1 aromatic heterocycles. The molecular weight excluding hydrogens is 252 g/mol. The Balaban J connectivity index is 2.13. The molecule has 0 saturated carbocycles. The molecule has 1 aromatic carbocycles. The highest BCUT2D eigenvalue weighted by molar-refractivity contribution is 5.92. The zero-order valence-corrected chi connectivity index (χ0v) is 11.1. The van der Waals surface area contributed by atoms with Gasteiger partial charge >= 0.3 is 0 Å². The van der Waals surface area contributed by atoms with Gasteiger partial charge in [-0.3, -0.25) is 9.78 Å². The lowest BCUT2D eigenvalue weighted by Gasteiger charge is -2.17. The number of nitrogens with zero attached hydrogens (tertiary/aromatic N) is 3. The van der Waals surface area contributed by atoms with E-state index in [1.165, 1.54) is 11.1 Å². The van der Waals surface area contributed by atoms with E-state index in [2.05, 4.69) is 11.1 Å². The van der Waals surface area contributed by atoms with Crippen molar-refractivity contribution < 1.29 is 4.79 Å². The molecule has 0 aliphatic rings. The number of hydrogen-bond acceptors (Lipinski definition) is 4. The fourth-order valence-electron chi connectivity index (χ4n) is 1.84. The first-order valence-corrected chi connectivity index (χ1v) is 6.06. The summed E-state index contributed by atoms with van der Waals surface area (Å²) >= 11 is 0. The van der Waals surface area contributed by atoms with E-state index in [9.17, 15) is 4.79 Å². The Labute approximate surface area is 117 Å². The number of rotatable bonds is 3. The summed E-state index contributed by atoms with van der Waals surface area (Å²) in [5.74, 6) is -0.209. The fraction of sp³-hybridized carbons (Fsp3) is 0.133. The molecule has 0 unspecified atom stereocenters. The number of pyridine rings is 1. The number of hydrogen-bond donors (Lipinski definition) is 1. The van der Waals surface area contributed by atoms with Crippen LogP contribution < -0.4 is 5.73 Å². The monoisotopic (exact) mass is 266 g/mol. The molecule has 2 aromatic rings. The second kappa shape index (κ2) is 5.85. The number of carbonyl (C=O) groups is 1. The van der Waals surface area contributed by atoms with E-state index < -0.39 is 0 Å². The average molecular weight is 266 g/mol. The maximum atomic E-state index is 12.2. The Morgan fingerprint density at radius 2 is 2.20 bits per heavy atom. The third-order valence-corrected chi connectivity index (χ3v) is 2.83. The Bertz CT molecular complexity index is 676. The molecule has 20 heavy (non-hydrogen) atoms. The van der Waals surface area contributed by atoms with Crippen LogP contribution in [0.5, 0.6) is 0 Å². The van der Waals surface area contributed by atoms with Crippen molar-refractivity contribution in [3.63, 3.8) is 0 Å². The molecule has 2 N–H and O–H groups in total. The lowest BCUT2D eigenvalue weighted by Crippen LogP contribution is -2.27. The molecule has 0 aliphatic heterocycles. The minimum Gasteiger partial charge on any atom is -0.399 e. The molecule has 100 valence electrons. The summed E-state index contributed by atoms with van der Waals surface area (Å²) < 4.78 is 0. The topological polar surface area (TPSA) is 83.0 Å². The number of benzene rings is 1. The van der Waals surface area contributed by atoms with Crippen molar-refractivity contribution in [3.05, 3.63) is 59.4 Å². The van der Waals surface area contributed by atoms with Gasteiger partial charge in [0.05, 0.1) is 11.6 Å². The van der Waals surface area contributed by atoms with Crippen molar-refractivity contribution in [2.45, 2.75) is 6.54 Å². The van der Waals surface area contributed by atoms with Gasteiger partial charge in [0.2, 0.25) is 0 Å². The van der Waals surface area contributed by atoms with E-state index in [1.807, 2.05) is 6.07 Å². The average Bonchev–Trinajstić information content (AvgIpc) is 2.46. The molecule has 1 heterocycles. The maximum Gasteiger partial charge on any atom is 0.272 e. The molecule has 0 bridgehead atoms. The third-order valence-electron chi connectivity index (χ3n) is 2.83. The van der Waals surface area contributed by atoms with Crippen LogP contribution >= 0.6 is 0 Å². The zero-order chi connectivity index (χ0) is 14.5. The first-order chi connectivity index (χ1) is 9.60. The highest BCUT2D eigenvalue weighted by Crippen LogP contribution is 2.10. The molecule has 0 saturated heterocycles. The fourth-order valence-corrected chi connectivity index (χ4v) is 1.84. The molecular formula is C15H14N4O. The van der Waals surface area contributed by atoms with Gasteiger partial charge in [-0.15, -0.1) is 0 Å². The van der Waals surface area contributed by atoms with Crippen LogP contribution in [0.2, 0.25) is 0 Å². The first kappa shape index (κ1) is 13.6. The summed E-state index contributed by atoms with van der Waals surface area (Å²) in [6.45, 7) is 0.408. The molecule has 0 fully saturated rings. The summed E-state index contributed by atoms with van der Waals surface area (Å²) in [6.07, 6.45) is 1.51. The predicted octanol–water partition coefficient (Wildman–Crippen LogP) is 1.81. The molecule has 0 spiro atoms. The van der Waals surface area contributed by atoms with Crippen molar-refractivity contribution in [2.24, 2.45) is 0 Å². The Hall–Kier alpha value is -2.87. The summed E-state index contributed by atoms with van der Waals surface area (Å²) in [5.41, 5.74) is 7.92. The maximum absolute atomic E-state index is 12.2. The van der Waals surface area contributed by atoms with Crippen molar-refractivity contribution in [1.29, 1.82) is 5.26 Å². The van der Waals surface area contributed by atoms with E-state index in [-0.39, 0.29) is 5.91 Å². The van der Waals surface area contributed by atoms with Crippen molar-refractivity contribution >= 4 is 11.6 Å². The Morgan fingerprint density at radius 3 is 2.90 bits per heavy atom. The number of carbonyl (C=O) groups excluding carboxylic acids is 1. The molecule has 0 atom stereocenters. The van der Waals surface area contributed by atoms with Crippen LogP contribution in [0.4, 0.5) is 5.69 Å². The van der Waals surface area contributed by atoms with Crippen LogP contribution in [-0.4, -0.2) is 22.8 Å². The van der Waals surface area contributed by atoms with Crippen LogP contribution in [0.1, 0.15) is 21.6 Å². The molecule has 2 rings (SSSR count). The summed E-state index contributed by atoms with van der Waals surface area (Å²) in [5, 5.41) is 8.86. The molecule has 0 radical (unpaired) electrons. The van der Waals surface area contributed by atoms with E-state index in [0.29, 0.717) is 23.5 Å². The van der Waals surface area contributed by atoms with E-state index in [1.54, 1.807) is 37.4 Å². The summed E-state index contributed by atoms with van der Waals surface area (Å²) in [7, 11) is 1.69. The van der Waals surface area contributed by atoms with E-state index in [0.717, 1.165) is 5.56 Å². The Morgan fingerprint density at radius 1 is 1.40 bits per heavy atom. The predicted molar refractivity (Wildman–Crippen MR) is 75.6 cm³/mol. The number of aromatic nitrogens is 1. The Kier molecular flexibility index (Phi) is 3.96. The smallest absolute Gasteiger partial charge is 0.272 e. The van der Waals surface area contributed by atoms with Crippen LogP contribution in [0, 0.1) is 11.3 Å². The van der Waals surface area contributed by atoms with Crippen LogP contribution in [-0.2, 0) is 6.54 Å². The van der Waals surface area contributed by atoms with Crippen LogP contribution in [0.3, 0.4) is 0 Å². The van der Waals surface area contributed by atoms with Gasteiger partial charge in [-0.2, -0.15) is 5.26 Å². The van der Waals surface area contributed by atoms with Crippen molar-refractivity contribution in [1.82, 2.24) is 9.88 Å². The highest BCUT2D eigenvalue weighted by Gasteiger charge is 2.13. The number of anilines is 1. The van der Waals surface area contributed by atoms with Gasteiger partial charge in [0, 0.05) is 25.5 Å². The van der Waals surface area contributed by atoms with E-state index in [4.69, 9.17) is 11.0 Å². The minimum atomic E-state index is -0.209. The largest absolute Gasteiger partial charge is 0.399 e. The third kappa shape index (κ3) is 3.12. The van der Waals surface area contributed by atoms with Crippen molar-refractivity contribution in [2.75, 3.05) is 12.8 Å². The normalized spacial score (nSPS) is 9.80. The van der Waals surface area contributed by atoms with E-state index >= 15 is 0 Å². The second-order valence-electron chi connectivity index (χ2n) is 4.45. The minimum absolute atomic E-state index is 0.209. The molecule has 0 aliphatic carbocycles. The summed E-state index contributed by atoms with van der Waals surface area (Å²) in [4.78, 5) is 17.8. The number of amides is 1. The van der Waals surface area contributed by atoms with Crippen LogP contribution in [0.25, 0.3) is 0 Å². The zero-order valence-electron chi connectivity index (χ0n) is 11.1. The standard InChI is InChI=1S/C15H14N4O/c1-19(10-12-4-2-3-11(7-12)9-16)15(20)14-8-13(17)5-6-18-14/h2-8H,10H2,1H3,(H2,17,18). The van der Waals surface area contributed by atoms with Gasteiger partial charge in [0.25, 0.3) is 5.91 Å². The lowest BCUT2D eigenvalue weighted by molar-refractivity contribution is 0.0779. The second-order valence-corrected chi connectivity index (χ2v) is 4.45. The first-order valence-electron chi connectivity index (χ1n) is 6.06. The van der Waals surface area contributed by atoms with Gasteiger partial charge in [-0.1, -0.05) is 12.1 Å². The highest BCUT2D eigenvalue weighted by atomic mass is 16.2. The van der Waals surface area contributed by atoms with Gasteiger partial charge in [0.1, 0.15) is 5.69 Å². The van der Waals surface area contributed by atoms with Gasteiger partial charge in [-0.25, -0.2) is 0 Å². The van der Waals surface area contributed by atoms with Crippen molar-refractivity contribution in [3.8, 4) is 6.07 Å². The lowest BCUT2D eigenvalue weighted by atomic mass is 10.1. The quantitative estimate of drug-likeness (QED) is 0.918. The number of nitrogens with two attached hydrogens (primary N) is 1. The molecule has 5 nitrogen and oxygen atoms in total. The van der Waals surface area contributed by atoms with Gasteiger partial charge in [0.15, 0.2) is 0 Å². The van der Waals surface area contributed by atoms with Gasteiger partial charge in [-0.05, 0) is 29.8 Å². The van der Waals surface area contributed by atoms with Gasteiger partial charge < -0.3 is 10.6 Å². The SMILES string of the molecule is CN(Cc1cccc(C#N)c1)C(=O)c1cc(N)ccn1. The van der Waals surface area contributed by atoms with Crippen LogP contribution in [0.15, 0.2) is 42.6 Å². The molecule has 5 heteroatoms. The molecule has 1 amide bonds. The number of nitriles is 1.